The first-order valence-corrected chi connectivity index (χ1v) is 15.0. The third-order valence-electron chi connectivity index (χ3n) is 10.8. The first-order valence-electron chi connectivity index (χ1n) is 15.0. The summed E-state index contributed by atoms with van der Waals surface area (Å²) < 4.78 is 0. The quantitative estimate of drug-likeness (QED) is 0.369. The Hall–Kier alpha value is -0.520. The molecule has 0 radical (unpaired) electrons. The lowest BCUT2D eigenvalue weighted by Gasteiger charge is -2.58. The molecule has 3 saturated carbocycles. The maximum Gasteiger partial charge on any atom is -0.00851 e. The lowest BCUT2D eigenvalue weighted by Crippen LogP contribution is -2.50. The second kappa shape index (κ2) is 11.9. The van der Waals surface area contributed by atoms with Crippen LogP contribution in [0.2, 0.25) is 0 Å². The van der Waals surface area contributed by atoms with Crippen LogP contribution in [0.4, 0.5) is 0 Å². The molecule has 0 spiro atoms. The van der Waals surface area contributed by atoms with Gasteiger partial charge in [-0.1, -0.05) is 100.0 Å². The van der Waals surface area contributed by atoms with Gasteiger partial charge in [-0.2, -0.15) is 0 Å². The predicted octanol–water partition coefficient (Wildman–Crippen LogP) is 10.7. The van der Waals surface area contributed by atoms with E-state index in [0.29, 0.717) is 16.7 Å². The molecule has 0 aromatic heterocycles. The molecule has 9 atom stereocenters. The van der Waals surface area contributed by atoms with Crippen molar-refractivity contribution in [2.75, 3.05) is 0 Å². The molecule has 0 aromatic carbocycles. The van der Waals surface area contributed by atoms with Crippen LogP contribution >= 0.6 is 0 Å². The van der Waals surface area contributed by atoms with Crippen molar-refractivity contribution in [1.29, 1.82) is 0 Å². The lowest BCUT2D eigenvalue weighted by molar-refractivity contribution is -0.0486. The van der Waals surface area contributed by atoms with Gasteiger partial charge in [0.15, 0.2) is 0 Å². The first-order chi connectivity index (χ1) is 15.7. The van der Waals surface area contributed by atoms with E-state index in [4.69, 9.17) is 0 Å². The van der Waals surface area contributed by atoms with Gasteiger partial charge in [-0.15, -0.1) is 0 Å². The zero-order valence-electron chi connectivity index (χ0n) is 24.5. The molecule has 4 aliphatic rings. The minimum absolute atomic E-state index is 0.535. The van der Waals surface area contributed by atoms with E-state index >= 15 is 0 Å². The average molecular weight is 457 g/mol. The largest absolute Gasteiger partial charge is 0.0852 e. The Morgan fingerprint density at radius 3 is 2.15 bits per heavy atom. The number of hydrogen-bond donors (Lipinski definition) is 0. The van der Waals surface area contributed by atoms with Gasteiger partial charge in [0.2, 0.25) is 0 Å². The van der Waals surface area contributed by atoms with Crippen LogP contribution in [0.25, 0.3) is 0 Å². The molecule has 4 rings (SSSR count). The monoisotopic (exact) mass is 456 g/mol. The number of rotatable bonds is 4. The Kier molecular flexibility index (Phi) is 10.4. The fraction of sp³-hybridized carbons (Fsp3) is 0.879. The van der Waals surface area contributed by atoms with E-state index in [2.05, 4.69) is 66.7 Å². The van der Waals surface area contributed by atoms with Crippen LogP contribution in [0.3, 0.4) is 0 Å². The van der Waals surface area contributed by atoms with Crippen molar-refractivity contribution in [3.8, 4) is 0 Å². The predicted molar refractivity (Wildman–Crippen MR) is 149 cm³/mol. The van der Waals surface area contributed by atoms with Gasteiger partial charge < -0.3 is 0 Å². The Morgan fingerprint density at radius 1 is 0.848 bits per heavy atom. The van der Waals surface area contributed by atoms with E-state index in [0.717, 1.165) is 41.4 Å². The number of fused-ring (bicyclic) bond motifs is 5. The standard InChI is InChI=1S/C29H48.2C2H6/c1-19(2)21(4)8-9-22(5)25-12-13-26-24-11-10-23-18-20(3)14-16-28(23,6)27(24)15-17-29(25,26)7;2*1-2/h8-10,19-22,24-27H,11-18H2,1-7H3;2*1-2H3/b9-8+;;. The summed E-state index contributed by atoms with van der Waals surface area (Å²) in [6.07, 6.45) is 19.5. The molecule has 192 valence electrons. The second-order valence-electron chi connectivity index (χ2n) is 12.7. The van der Waals surface area contributed by atoms with E-state index in [-0.39, 0.29) is 0 Å². The van der Waals surface area contributed by atoms with Crippen molar-refractivity contribution in [3.05, 3.63) is 23.8 Å². The second-order valence-corrected chi connectivity index (χ2v) is 12.7. The van der Waals surface area contributed by atoms with Gasteiger partial charge >= 0.3 is 0 Å². The molecule has 0 saturated heterocycles. The fourth-order valence-corrected chi connectivity index (χ4v) is 8.45. The molecule has 9 unspecified atom stereocenters. The average Bonchev–Trinajstić information content (AvgIpc) is 3.17. The minimum Gasteiger partial charge on any atom is -0.0852 e. The molecule has 0 amide bonds. The summed E-state index contributed by atoms with van der Waals surface area (Å²) in [5, 5.41) is 0. The molecule has 0 aromatic rings. The highest BCUT2D eigenvalue weighted by molar-refractivity contribution is 5.25. The molecule has 0 nitrogen and oxygen atoms in total. The number of hydrogen-bond acceptors (Lipinski definition) is 0. The lowest BCUT2D eigenvalue weighted by atomic mass is 9.46. The summed E-state index contributed by atoms with van der Waals surface area (Å²) in [5.74, 6) is 6.91. The van der Waals surface area contributed by atoms with E-state index in [1.165, 1.54) is 51.4 Å². The third kappa shape index (κ3) is 5.51. The van der Waals surface area contributed by atoms with Crippen LogP contribution in [-0.2, 0) is 0 Å². The van der Waals surface area contributed by atoms with Crippen molar-refractivity contribution >= 4 is 0 Å². The SMILES string of the molecule is CC.CC.CC1CCC2(C)C(=CCC3C2CCC2(C)C(C(C)/C=C/C(C)C(C)C)CCC32)C1. The maximum atomic E-state index is 2.74. The molecule has 33 heavy (non-hydrogen) atoms. The van der Waals surface area contributed by atoms with Crippen molar-refractivity contribution in [1.82, 2.24) is 0 Å². The van der Waals surface area contributed by atoms with Crippen LogP contribution < -0.4 is 0 Å². The smallest absolute Gasteiger partial charge is 0.00851 e. The van der Waals surface area contributed by atoms with Crippen molar-refractivity contribution in [3.63, 3.8) is 0 Å². The van der Waals surface area contributed by atoms with Crippen molar-refractivity contribution in [2.45, 2.75) is 128 Å². The van der Waals surface area contributed by atoms with Crippen LogP contribution in [-0.4, -0.2) is 0 Å². The van der Waals surface area contributed by atoms with E-state index < -0.39 is 0 Å². The molecule has 0 N–H and O–H groups in total. The fourth-order valence-electron chi connectivity index (χ4n) is 8.45. The van der Waals surface area contributed by atoms with Crippen LogP contribution in [0.1, 0.15) is 128 Å². The Labute approximate surface area is 209 Å². The summed E-state index contributed by atoms with van der Waals surface area (Å²) >= 11 is 0. The topological polar surface area (TPSA) is 0 Å². The van der Waals surface area contributed by atoms with E-state index in [9.17, 15) is 0 Å². The third-order valence-corrected chi connectivity index (χ3v) is 10.8. The van der Waals surface area contributed by atoms with Gasteiger partial charge in [-0.25, -0.2) is 0 Å². The van der Waals surface area contributed by atoms with Crippen molar-refractivity contribution < 1.29 is 0 Å². The minimum atomic E-state index is 0.535. The van der Waals surface area contributed by atoms with E-state index in [1.807, 2.05) is 33.3 Å². The zero-order valence-corrected chi connectivity index (χ0v) is 24.5. The highest BCUT2D eigenvalue weighted by Crippen LogP contribution is 2.67. The van der Waals surface area contributed by atoms with Crippen LogP contribution in [0.15, 0.2) is 23.8 Å². The van der Waals surface area contributed by atoms with Gasteiger partial charge in [0.05, 0.1) is 0 Å². The van der Waals surface area contributed by atoms with Gasteiger partial charge in [0.25, 0.3) is 0 Å². The molecule has 0 bridgehead atoms. The normalized spacial score (nSPS) is 41.5. The summed E-state index contributed by atoms with van der Waals surface area (Å²) in [5.41, 5.74) is 2.97. The molecular formula is C33H60. The van der Waals surface area contributed by atoms with Gasteiger partial charge in [0, 0.05) is 0 Å². The Balaban J connectivity index is 0.000000914. The summed E-state index contributed by atoms with van der Waals surface area (Å²) in [4.78, 5) is 0. The van der Waals surface area contributed by atoms with Crippen molar-refractivity contribution in [2.24, 2.45) is 58.2 Å². The van der Waals surface area contributed by atoms with Gasteiger partial charge in [-0.3, -0.25) is 0 Å². The number of allylic oxidation sites excluding steroid dienone is 4. The zero-order chi connectivity index (χ0) is 25.0. The summed E-state index contributed by atoms with van der Waals surface area (Å²) in [6.45, 7) is 25.5. The van der Waals surface area contributed by atoms with Crippen LogP contribution in [0, 0.1) is 58.2 Å². The maximum absolute atomic E-state index is 2.74. The Bertz CT molecular complexity index is 653. The molecular weight excluding hydrogens is 396 g/mol. The molecule has 0 heterocycles. The molecule has 3 fully saturated rings. The molecule has 0 aliphatic heterocycles. The summed E-state index contributed by atoms with van der Waals surface area (Å²) in [6, 6.07) is 0. The van der Waals surface area contributed by atoms with E-state index in [1.54, 1.807) is 0 Å². The molecule has 4 aliphatic carbocycles. The highest BCUT2D eigenvalue weighted by Gasteiger charge is 2.58. The Morgan fingerprint density at radius 2 is 1.52 bits per heavy atom. The van der Waals surface area contributed by atoms with Gasteiger partial charge in [-0.05, 0) is 110 Å². The summed E-state index contributed by atoms with van der Waals surface area (Å²) in [7, 11) is 0. The highest BCUT2D eigenvalue weighted by atomic mass is 14.6. The van der Waals surface area contributed by atoms with Gasteiger partial charge in [0.1, 0.15) is 0 Å². The molecule has 0 heteroatoms. The first kappa shape index (κ1) is 28.7. The van der Waals surface area contributed by atoms with Crippen LogP contribution in [0.5, 0.6) is 0 Å².